The first-order valence-corrected chi connectivity index (χ1v) is 12.9. The smallest absolute Gasteiger partial charge is 0.213 e. The number of rotatable bonds is 4. The van der Waals surface area contributed by atoms with Crippen LogP contribution in [0.25, 0.3) is 10.9 Å². The fourth-order valence-corrected chi connectivity index (χ4v) is 6.33. The third-order valence-electron chi connectivity index (χ3n) is 4.27. The van der Waals surface area contributed by atoms with Crippen LogP contribution in [0.3, 0.4) is 0 Å². The number of H-pyrrole nitrogens is 1. The van der Waals surface area contributed by atoms with Gasteiger partial charge in [-0.3, -0.25) is 4.57 Å². The minimum Gasteiger partial charge on any atom is -0.361 e. The van der Waals surface area contributed by atoms with Crippen molar-refractivity contribution in [3.63, 3.8) is 0 Å². The van der Waals surface area contributed by atoms with E-state index in [0.717, 1.165) is 0 Å². The lowest BCUT2D eigenvalue weighted by molar-refractivity contribution is 0.298. The third kappa shape index (κ3) is 8.69. The molecule has 0 bridgehead atoms. The van der Waals surface area contributed by atoms with Crippen molar-refractivity contribution < 1.29 is 9.09 Å². The summed E-state index contributed by atoms with van der Waals surface area (Å²) in [4.78, 5) is 3.27. The molecule has 0 saturated heterocycles. The van der Waals surface area contributed by atoms with E-state index in [1.54, 1.807) is 0 Å². The van der Waals surface area contributed by atoms with Gasteiger partial charge in [0.05, 0.1) is 6.61 Å². The van der Waals surface area contributed by atoms with Crippen LogP contribution < -0.4 is 0 Å². The molecule has 4 heteroatoms. The molecule has 0 aliphatic carbocycles. The normalized spacial score (nSPS) is 11.4. The van der Waals surface area contributed by atoms with Crippen LogP contribution in [-0.4, -0.2) is 21.9 Å². The number of para-hydroxylation sites is 1. The quantitative estimate of drug-likeness (QED) is 0.496. The molecule has 0 fully saturated rings. The predicted molar refractivity (Wildman–Crippen MR) is 134 cm³/mol. The second kappa shape index (κ2) is 14.0. The van der Waals surface area contributed by atoms with E-state index >= 15 is 0 Å². The summed E-state index contributed by atoms with van der Waals surface area (Å²) in [6, 6.07) is 8.45. The summed E-state index contributed by atoms with van der Waals surface area (Å²) in [7, 11) is -2.59. The first-order chi connectivity index (χ1) is 13.5. The number of hydrogen-bond donors (Lipinski definition) is 1. The van der Waals surface area contributed by atoms with Crippen LogP contribution in [0, 0.1) is 0 Å². The Morgan fingerprint density at radius 1 is 0.897 bits per heavy atom. The first-order valence-electron chi connectivity index (χ1n) is 11.3. The zero-order valence-corrected chi connectivity index (χ0v) is 22.2. The van der Waals surface area contributed by atoms with E-state index in [0.29, 0.717) is 6.61 Å². The molecule has 1 heterocycles. The first kappa shape index (κ1) is 30.1. The molecular formula is C25H48NO2P. The number of hydrogen-bond acceptors (Lipinski definition) is 2. The summed E-state index contributed by atoms with van der Waals surface area (Å²) < 4.78 is 18.1. The maximum Gasteiger partial charge on any atom is 0.213 e. The molecule has 2 aromatic rings. The molecular weight excluding hydrogens is 377 g/mol. The van der Waals surface area contributed by atoms with Gasteiger partial charge in [-0.15, -0.1) is 0 Å². The van der Waals surface area contributed by atoms with Crippen LogP contribution in [0.1, 0.15) is 95.1 Å². The Morgan fingerprint density at radius 3 is 1.76 bits per heavy atom. The summed E-state index contributed by atoms with van der Waals surface area (Å²) in [5, 5.41) is 0.821. The minimum atomic E-state index is -2.59. The van der Waals surface area contributed by atoms with Gasteiger partial charge in [-0.25, -0.2) is 0 Å². The maximum absolute atomic E-state index is 12.6. The fraction of sp³-hybridized carbons (Fsp3) is 0.680. The van der Waals surface area contributed by atoms with Crippen LogP contribution in [0.4, 0.5) is 0 Å². The van der Waals surface area contributed by atoms with Gasteiger partial charge in [0.1, 0.15) is 0 Å². The van der Waals surface area contributed by atoms with E-state index in [1.165, 1.54) is 29.3 Å². The zero-order valence-electron chi connectivity index (χ0n) is 21.3. The van der Waals surface area contributed by atoms with E-state index < -0.39 is 7.37 Å². The second-order valence-corrected chi connectivity index (χ2v) is 12.5. The van der Waals surface area contributed by atoms with Crippen molar-refractivity contribution in [3.8, 4) is 0 Å². The van der Waals surface area contributed by atoms with Gasteiger partial charge in [0.25, 0.3) is 0 Å². The minimum absolute atomic E-state index is 0.277. The Kier molecular flexibility index (Phi) is 14.6. The van der Waals surface area contributed by atoms with Crippen LogP contribution >= 0.6 is 7.37 Å². The molecule has 0 unspecified atom stereocenters. The summed E-state index contributed by atoms with van der Waals surface area (Å²) in [6.45, 7) is 24.5. The van der Waals surface area contributed by atoms with E-state index in [4.69, 9.17) is 4.52 Å². The van der Waals surface area contributed by atoms with Gasteiger partial charge in [-0.05, 0) is 25.0 Å². The van der Waals surface area contributed by atoms with Gasteiger partial charge in [-0.2, -0.15) is 0 Å². The largest absolute Gasteiger partial charge is 0.361 e. The number of fused-ring (bicyclic) bond motifs is 1. The third-order valence-corrected chi connectivity index (χ3v) is 8.43. The number of nitrogens with one attached hydrogen (secondary N) is 1. The molecule has 1 aromatic carbocycles. The Labute approximate surface area is 181 Å². The van der Waals surface area contributed by atoms with E-state index in [1.807, 2.05) is 76.2 Å². The van der Waals surface area contributed by atoms with E-state index in [2.05, 4.69) is 42.4 Å². The highest BCUT2D eigenvalue weighted by molar-refractivity contribution is 7.62. The molecule has 29 heavy (non-hydrogen) atoms. The molecule has 2 rings (SSSR count). The highest BCUT2D eigenvalue weighted by Gasteiger charge is 2.47. The molecule has 0 spiro atoms. The van der Waals surface area contributed by atoms with Gasteiger partial charge in [0.15, 0.2) is 0 Å². The molecule has 170 valence electrons. The lowest BCUT2D eigenvalue weighted by atomic mass is 10.1. The average Bonchev–Trinajstić information content (AvgIpc) is 3.07. The Balaban J connectivity index is 0. The molecule has 0 atom stereocenters. The SMILES string of the molecule is CC.CC.CCCc1c[nH]c2ccccc12.CCOP(=O)(C(C)(C)C)C(C)(C)C. The molecule has 0 saturated carbocycles. The van der Waals surface area contributed by atoms with Gasteiger partial charge < -0.3 is 9.51 Å². The Morgan fingerprint density at radius 2 is 1.38 bits per heavy atom. The maximum atomic E-state index is 12.6. The van der Waals surface area contributed by atoms with Crippen LogP contribution in [0.15, 0.2) is 30.5 Å². The van der Waals surface area contributed by atoms with Gasteiger partial charge in [-0.1, -0.05) is 101 Å². The van der Waals surface area contributed by atoms with Gasteiger partial charge >= 0.3 is 0 Å². The number of aromatic nitrogens is 1. The van der Waals surface area contributed by atoms with Gasteiger partial charge in [0.2, 0.25) is 7.37 Å². The molecule has 0 amide bonds. The van der Waals surface area contributed by atoms with Crippen molar-refractivity contribution >= 4 is 18.3 Å². The van der Waals surface area contributed by atoms with Crippen molar-refractivity contribution in [2.75, 3.05) is 6.61 Å². The summed E-state index contributed by atoms with van der Waals surface area (Å²) in [5.41, 5.74) is 2.69. The number of aromatic amines is 1. The van der Waals surface area contributed by atoms with Crippen LogP contribution in [0.2, 0.25) is 0 Å². The van der Waals surface area contributed by atoms with Crippen molar-refractivity contribution in [2.24, 2.45) is 0 Å². The molecule has 0 radical (unpaired) electrons. The zero-order chi connectivity index (χ0) is 23.3. The standard InChI is InChI=1S/C11H13N.C10H23O2P.2C2H6/c1-2-5-9-8-12-11-7-4-3-6-10(9)11;1-8-12-13(11,9(2,3)4)10(5,6)7;2*1-2/h3-4,6-8,12H,2,5H2,1H3;8H2,1-7H3;2*1-2H3. The monoisotopic (exact) mass is 425 g/mol. The van der Waals surface area contributed by atoms with Crippen molar-refractivity contribution in [1.29, 1.82) is 0 Å². The fourth-order valence-electron chi connectivity index (χ4n) is 3.18. The summed E-state index contributed by atoms with van der Waals surface area (Å²) in [5.74, 6) is 0. The molecule has 0 aliphatic heterocycles. The van der Waals surface area contributed by atoms with Crippen LogP contribution in [0.5, 0.6) is 0 Å². The molecule has 3 nitrogen and oxygen atoms in total. The van der Waals surface area contributed by atoms with Crippen molar-refractivity contribution in [2.45, 2.75) is 106 Å². The summed E-state index contributed by atoms with van der Waals surface area (Å²) in [6.07, 6.45) is 4.50. The predicted octanol–water partition coefficient (Wildman–Crippen LogP) is 9.07. The highest BCUT2D eigenvalue weighted by atomic mass is 31.2. The molecule has 1 N–H and O–H groups in total. The van der Waals surface area contributed by atoms with Crippen LogP contribution in [-0.2, 0) is 15.5 Å². The number of aryl methyl sites for hydroxylation is 1. The summed E-state index contributed by atoms with van der Waals surface area (Å²) >= 11 is 0. The Hall–Kier alpha value is -1.05. The average molecular weight is 426 g/mol. The second-order valence-electron chi connectivity index (χ2n) is 8.42. The molecule has 1 aromatic heterocycles. The van der Waals surface area contributed by atoms with Crippen molar-refractivity contribution in [3.05, 3.63) is 36.0 Å². The van der Waals surface area contributed by atoms with Gasteiger partial charge in [0, 0.05) is 27.4 Å². The topological polar surface area (TPSA) is 42.1 Å². The van der Waals surface area contributed by atoms with E-state index in [9.17, 15) is 4.57 Å². The highest BCUT2D eigenvalue weighted by Crippen LogP contribution is 2.67. The molecule has 0 aliphatic rings. The van der Waals surface area contributed by atoms with Crippen molar-refractivity contribution in [1.82, 2.24) is 4.98 Å². The lowest BCUT2D eigenvalue weighted by Crippen LogP contribution is -2.30. The Bertz CT molecular complexity index is 687. The number of benzene rings is 1. The lowest BCUT2D eigenvalue weighted by Gasteiger charge is -2.39. The van der Waals surface area contributed by atoms with E-state index in [-0.39, 0.29) is 10.3 Å².